The van der Waals surface area contributed by atoms with Crippen molar-refractivity contribution in [1.82, 2.24) is 25.0 Å². The van der Waals surface area contributed by atoms with Gasteiger partial charge in [0.2, 0.25) is 5.95 Å². The Bertz CT molecular complexity index is 737. The first-order chi connectivity index (χ1) is 10.2. The van der Waals surface area contributed by atoms with Gasteiger partial charge in [-0.3, -0.25) is 4.68 Å². The van der Waals surface area contributed by atoms with Crippen LogP contribution in [0.4, 0.5) is 5.95 Å². The molecule has 7 heteroatoms. The van der Waals surface area contributed by atoms with E-state index in [0.717, 1.165) is 16.8 Å². The van der Waals surface area contributed by atoms with E-state index >= 15 is 0 Å². The molecule has 2 heterocycles. The molecule has 3 aromatic rings. The number of aryl methyl sites for hydroxylation is 1. The number of nitrogens with one attached hydrogen (secondary N) is 1. The second-order valence-electron chi connectivity index (χ2n) is 4.55. The molecule has 0 amide bonds. The minimum atomic E-state index is 0.478. The molecule has 1 N–H and O–H groups in total. The summed E-state index contributed by atoms with van der Waals surface area (Å²) in [4.78, 5) is 4.44. The Morgan fingerprint density at radius 1 is 1.19 bits per heavy atom. The number of rotatable bonds is 4. The van der Waals surface area contributed by atoms with Gasteiger partial charge in [-0.15, -0.1) is 5.10 Å². The van der Waals surface area contributed by atoms with E-state index in [9.17, 15) is 0 Å². The van der Waals surface area contributed by atoms with E-state index in [1.165, 1.54) is 0 Å². The van der Waals surface area contributed by atoms with E-state index in [4.69, 9.17) is 11.6 Å². The normalized spacial score (nSPS) is 10.6. The van der Waals surface area contributed by atoms with Crippen molar-refractivity contribution in [3.8, 4) is 11.3 Å². The van der Waals surface area contributed by atoms with Crippen LogP contribution in [0.2, 0.25) is 5.02 Å². The highest BCUT2D eigenvalue weighted by molar-refractivity contribution is 6.30. The summed E-state index contributed by atoms with van der Waals surface area (Å²) < 4.78 is 1.75. The summed E-state index contributed by atoms with van der Waals surface area (Å²) in [5.41, 5.74) is 2.74. The summed E-state index contributed by atoms with van der Waals surface area (Å²) in [6, 6.07) is 7.44. The molecule has 0 radical (unpaired) electrons. The highest BCUT2D eigenvalue weighted by Gasteiger charge is 2.04. The first-order valence-corrected chi connectivity index (χ1v) is 6.75. The van der Waals surface area contributed by atoms with Gasteiger partial charge in [0.05, 0.1) is 18.1 Å². The second kappa shape index (κ2) is 5.88. The minimum absolute atomic E-state index is 0.478. The van der Waals surface area contributed by atoms with Crippen LogP contribution in [0.5, 0.6) is 0 Å². The van der Waals surface area contributed by atoms with Gasteiger partial charge < -0.3 is 5.32 Å². The van der Waals surface area contributed by atoms with Gasteiger partial charge >= 0.3 is 0 Å². The highest BCUT2D eigenvalue weighted by atomic mass is 35.5. The zero-order valence-electron chi connectivity index (χ0n) is 11.4. The Labute approximate surface area is 126 Å². The maximum atomic E-state index is 5.88. The molecule has 3 rings (SSSR count). The number of aromatic nitrogens is 5. The van der Waals surface area contributed by atoms with Gasteiger partial charge in [-0.2, -0.15) is 10.2 Å². The first-order valence-electron chi connectivity index (χ1n) is 6.38. The molecule has 0 aliphatic heterocycles. The van der Waals surface area contributed by atoms with Crippen molar-refractivity contribution in [2.24, 2.45) is 7.05 Å². The molecule has 0 saturated heterocycles. The van der Waals surface area contributed by atoms with Crippen molar-refractivity contribution < 1.29 is 0 Å². The lowest BCUT2D eigenvalue weighted by Crippen LogP contribution is -2.04. The fraction of sp³-hybridized carbons (Fsp3) is 0.143. The van der Waals surface area contributed by atoms with Crippen LogP contribution in [0.1, 0.15) is 5.56 Å². The third kappa shape index (κ3) is 3.35. The molecule has 6 nitrogen and oxygen atoms in total. The first kappa shape index (κ1) is 13.5. The Kier molecular flexibility index (Phi) is 3.79. The van der Waals surface area contributed by atoms with Crippen LogP contribution in [-0.2, 0) is 13.6 Å². The van der Waals surface area contributed by atoms with Crippen LogP contribution in [0.15, 0.2) is 42.9 Å². The van der Waals surface area contributed by atoms with Crippen molar-refractivity contribution in [1.29, 1.82) is 0 Å². The number of hydrogen-bond acceptors (Lipinski definition) is 5. The van der Waals surface area contributed by atoms with E-state index in [-0.39, 0.29) is 0 Å². The fourth-order valence-corrected chi connectivity index (χ4v) is 2.01. The monoisotopic (exact) mass is 300 g/mol. The average Bonchev–Trinajstić information content (AvgIpc) is 2.92. The quantitative estimate of drug-likeness (QED) is 0.802. The van der Waals surface area contributed by atoms with Crippen molar-refractivity contribution >= 4 is 17.5 Å². The van der Waals surface area contributed by atoms with Crippen LogP contribution >= 0.6 is 11.6 Å². The van der Waals surface area contributed by atoms with Crippen molar-refractivity contribution in [2.45, 2.75) is 6.54 Å². The molecule has 0 spiro atoms. The van der Waals surface area contributed by atoms with Crippen LogP contribution in [-0.4, -0.2) is 25.0 Å². The summed E-state index contributed by atoms with van der Waals surface area (Å²) >= 11 is 5.88. The van der Waals surface area contributed by atoms with E-state index in [1.807, 2.05) is 37.5 Å². The maximum absolute atomic E-state index is 5.88. The molecule has 0 atom stereocenters. The SMILES string of the molecule is Cn1cc(CNc2nncc(-c3ccc(Cl)cc3)n2)cn1. The molecule has 106 valence electrons. The van der Waals surface area contributed by atoms with Gasteiger partial charge in [-0.25, -0.2) is 4.98 Å². The number of hydrogen-bond donors (Lipinski definition) is 1. The van der Waals surface area contributed by atoms with Gasteiger partial charge in [-0.05, 0) is 12.1 Å². The molecule has 0 unspecified atom stereocenters. The lowest BCUT2D eigenvalue weighted by molar-refractivity contribution is 0.767. The third-order valence-electron chi connectivity index (χ3n) is 2.91. The summed E-state index contributed by atoms with van der Waals surface area (Å²) in [6.45, 7) is 0.597. The molecular formula is C14H13ClN6. The van der Waals surface area contributed by atoms with Crippen molar-refractivity contribution in [3.05, 3.63) is 53.4 Å². The van der Waals surface area contributed by atoms with Crippen LogP contribution in [0, 0.1) is 0 Å². The molecule has 0 aliphatic carbocycles. The van der Waals surface area contributed by atoms with E-state index in [0.29, 0.717) is 17.5 Å². The number of benzene rings is 1. The van der Waals surface area contributed by atoms with Gasteiger partial charge in [0, 0.05) is 35.9 Å². The molecule has 0 fully saturated rings. The van der Waals surface area contributed by atoms with Crippen molar-refractivity contribution in [3.63, 3.8) is 0 Å². The Balaban J connectivity index is 1.75. The molecule has 2 aromatic heterocycles. The zero-order valence-corrected chi connectivity index (χ0v) is 12.1. The highest BCUT2D eigenvalue weighted by Crippen LogP contribution is 2.19. The molecule has 0 bridgehead atoms. The van der Waals surface area contributed by atoms with Crippen molar-refractivity contribution in [2.75, 3.05) is 5.32 Å². The largest absolute Gasteiger partial charge is 0.349 e. The topological polar surface area (TPSA) is 68.5 Å². The lowest BCUT2D eigenvalue weighted by Gasteiger charge is -2.04. The average molecular weight is 301 g/mol. The van der Waals surface area contributed by atoms with Gasteiger partial charge in [0.15, 0.2) is 0 Å². The maximum Gasteiger partial charge on any atom is 0.243 e. The van der Waals surface area contributed by atoms with E-state index < -0.39 is 0 Å². The molecule has 0 saturated carbocycles. The number of halogens is 1. The van der Waals surface area contributed by atoms with E-state index in [1.54, 1.807) is 17.1 Å². The molecule has 21 heavy (non-hydrogen) atoms. The Morgan fingerprint density at radius 3 is 2.71 bits per heavy atom. The molecular weight excluding hydrogens is 288 g/mol. The summed E-state index contributed by atoms with van der Waals surface area (Å²) in [7, 11) is 1.88. The van der Waals surface area contributed by atoms with Crippen LogP contribution < -0.4 is 5.32 Å². The third-order valence-corrected chi connectivity index (χ3v) is 3.16. The second-order valence-corrected chi connectivity index (χ2v) is 4.98. The summed E-state index contributed by atoms with van der Waals surface area (Å²) in [5, 5.41) is 15.9. The molecule has 1 aromatic carbocycles. The van der Waals surface area contributed by atoms with Gasteiger partial charge in [0.25, 0.3) is 0 Å². The summed E-state index contributed by atoms with van der Waals surface area (Å²) in [5.74, 6) is 0.478. The fourth-order valence-electron chi connectivity index (χ4n) is 1.88. The molecule has 0 aliphatic rings. The zero-order chi connectivity index (χ0) is 14.7. The predicted molar refractivity (Wildman–Crippen MR) is 80.8 cm³/mol. The number of nitrogens with zero attached hydrogens (tertiary/aromatic N) is 5. The van der Waals surface area contributed by atoms with E-state index in [2.05, 4.69) is 25.6 Å². The van der Waals surface area contributed by atoms with Gasteiger partial charge in [0.1, 0.15) is 0 Å². The minimum Gasteiger partial charge on any atom is -0.349 e. The van der Waals surface area contributed by atoms with Gasteiger partial charge in [-0.1, -0.05) is 23.7 Å². The van der Waals surface area contributed by atoms with Crippen LogP contribution in [0.25, 0.3) is 11.3 Å². The lowest BCUT2D eigenvalue weighted by atomic mass is 10.2. The Hall–Kier alpha value is -2.47. The standard InChI is InChI=1S/C14H13ClN6/c1-21-9-10(7-18-21)6-16-14-19-13(8-17-20-14)11-2-4-12(15)5-3-11/h2-5,7-9H,6H2,1H3,(H,16,19,20). The number of anilines is 1. The van der Waals surface area contributed by atoms with Crippen LogP contribution in [0.3, 0.4) is 0 Å². The predicted octanol–water partition coefficient (Wildman–Crippen LogP) is 2.54. The Morgan fingerprint density at radius 2 is 2.00 bits per heavy atom. The smallest absolute Gasteiger partial charge is 0.243 e. The summed E-state index contributed by atoms with van der Waals surface area (Å²) in [6.07, 6.45) is 5.35.